The molecule has 0 heterocycles. The van der Waals surface area contributed by atoms with Crippen molar-refractivity contribution in [3.8, 4) is 6.07 Å². The van der Waals surface area contributed by atoms with Crippen molar-refractivity contribution >= 4 is 10.0 Å². The van der Waals surface area contributed by atoms with Gasteiger partial charge in [-0.25, -0.2) is 8.42 Å². The summed E-state index contributed by atoms with van der Waals surface area (Å²) in [5.41, 5.74) is -0.0626. The number of nitrogens with one attached hydrogen (secondary N) is 1. The Hall–Kier alpha value is -1.38. The fourth-order valence-electron chi connectivity index (χ4n) is 2.91. The van der Waals surface area contributed by atoms with Gasteiger partial charge in [-0.2, -0.15) is 9.98 Å². The van der Waals surface area contributed by atoms with Gasteiger partial charge in [-0.05, 0) is 56.2 Å². The van der Waals surface area contributed by atoms with Crippen LogP contribution in [0.1, 0.15) is 44.6 Å². The summed E-state index contributed by atoms with van der Waals surface area (Å²) in [6, 6.07) is 8.98. The van der Waals surface area contributed by atoms with E-state index in [2.05, 4.69) is 17.7 Å². The highest BCUT2D eigenvalue weighted by Gasteiger charge is 2.38. The van der Waals surface area contributed by atoms with Crippen LogP contribution in [-0.2, 0) is 10.0 Å². The molecule has 0 aromatic heterocycles. The summed E-state index contributed by atoms with van der Waals surface area (Å²) < 4.78 is 27.7. The lowest BCUT2D eigenvalue weighted by Gasteiger charge is -2.34. The molecule has 1 aliphatic carbocycles. The van der Waals surface area contributed by atoms with Crippen molar-refractivity contribution in [3.63, 3.8) is 0 Å². The number of benzene rings is 1. The number of hydrogen-bond donors (Lipinski definition) is 1. The molecule has 21 heavy (non-hydrogen) atoms. The van der Waals surface area contributed by atoms with E-state index in [9.17, 15) is 13.7 Å². The number of nitrogens with zero attached hydrogens (tertiary/aromatic N) is 1. The molecule has 0 radical (unpaired) electrons. The maximum atomic E-state index is 12.5. The molecule has 0 atom stereocenters. The quantitative estimate of drug-likeness (QED) is 0.929. The van der Waals surface area contributed by atoms with E-state index in [0.29, 0.717) is 18.8 Å². The molecule has 0 saturated heterocycles. The van der Waals surface area contributed by atoms with Crippen LogP contribution >= 0.6 is 0 Å². The van der Waals surface area contributed by atoms with Crippen molar-refractivity contribution in [1.29, 1.82) is 5.26 Å². The Morgan fingerprint density at radius 1 is 1.38 bits per heavy atom. The average molecular weight is 306 g/mol. The topological polar surface area (TPSA) is 70.0 Å². The molecular weight excluding hydrogens is 284 g/mol. The molecule has 1 aromatic carbocycles. The summed E-state index contributed by atoms with van der Waals surface area (Å²) in [6.45, 7) is 3.99. The van der Waals surface area contributed by atoms with Crippen molar-refractivity contribution in [2.75, 3.05) is 0 Å². The Bertz CT molecular complexity index is 638. The number of rotatable bonds is 4. The van der Waals surface area contributed by atoms with Crippen LogP contribution < -0.4 is 4.72 Å². The van der Waals surface area contributed by atoms with Gasteiger partial charge in [0, 0.05) is 0 Å². The Morgan fingerprint density at radius 2 is 2.05 bits per heavy atom. The third-order valence-corrected chi connectivity index (χ3v) is 5.91. The highest BCUT2D eigenvalue weighted by Crippen LogP contribution is 2.34. The minimum Gasteiger partial charge on any atom is -0.207 e. The molecule has 1 saturated carbocycles. The number of nitriles is 1. The van der Waals surface area contributed by atoms with Crippen molar-refractivity contribution < 1.29 is 8.42 Å². The van der Waals surface area contributed by atoms with Crippen LogP contribution in [0.5, 0.6) is 0 Å². The van der Waals surface area contributed by atoms with Gasteiger partial charge in [0.15, 0.2) is 0 Å². The Balaban J connectivity index is 2.21. The van der Waals surface area contributed by atoms with E-state index in [4.69, 9.17) is 0 Å². The van der Waals surface area contributed by atoms with Crippen molar-refractivity contribution in [2.24, 2.45) is 5.92 Å². The van der Waals surface area contributed by atoms with Crippen LogP contribution in [0, 0.1) is 24.2 Å². The smallest absolute Gasteiger partial charge is 0.207 e. The predicted molar refractivity (Wildman–Crippen MR) is 82.1 cm³/mol. The molecule has 1 aromatic rings. The second-order valence-corrected chi connectivity index (χ2v) is 7.65. The zero-order valence-electron chi connectivity index (χ0n) is 12.6. The lowest BCUT2D eigenvalue weighted by Crippen LogP contribution is -2.49. The van der Waals surface area contributed by atoms with Gasteiger partial charge in [0.1, 0.15) is 5.54 Å². The van der Waals surface area contributed by atoms with E-state index in [-0.39, 0.29) is 4.90 Å². The van der Waals surface area contributed by atoms with E-state index < -0.39 is 15.6 Å². The number of aryl methyl sites for hydroxylation is 1. The van der Waals surface area contributed by atoms with Crippen LogP contribution in [0.2, 0.25) is 0 Å². The van der Waals surface area contributed by atoms with Gasteiger partial charge < -0.3 is 0 Å². The number of hydrogen-bond acceptors (Lipinski definition) is 3. The van der Waals surface area contributed by atoms with E-state index in [0.717, 1.165) is 24.8 Å². The molecule has 1 N–H and O–H groups in total. The van der Waals surface area contributed by atoms with E-state index in [1.165, 1.54) is 0 Å². The minimum absolute atomic E-state index is 0.231. The van der Waals surface area contributed by atoms with Gasteiger partial charge in [0.2, 0.25) is 10.0 Å². The first-order chi connectivity index (χ1) is 9.91. The van der Waals surface area contributed by atoms with Crippen LogP contribution in [0.25, 0.3) is 0 Å². The van der Waals surface area contributed by atoms with Crippen molar-refractivity contribution in [3.05, 3.63) is 29.8 Å². The highest BCUT2D eigenvalue weighted by atomic mass is 32.2. The standard InChI is InChI=1S/C16H22N2O2S/c1-3-14-7-9-16(12-17,10-8-14)18-21(19,20)15-6-4-5-13(2)11-15/h4-6,11,14,18H,3,7-10H2,1-2H3. The van der Waals surface area contributed by atoms with Crippen LogP contribution in [-0.4, -0.2) is 14.0 Å². The molecule has 2 rings (SSSR count). The van der Waals surface area contributed by atoms with Gasteiger partial charge >= 0.3 is 0 Å². The van der Waals surface area contributed by atoms with Crippen LogP contribution in [0.4, 0.5) is 0 Å². The van der Waals surface area contributed by atoms with Gasteiger partial charge in [0.05, 0.1) is 11.0 Å². The number of sulfonamides is 1. The summed E-state index contributed by atoms with van der Waals surface area (Å²) in [7, 11) is -3.65. The zero-order chi connectivity index (χ0) is 15.5. The maximum Gasteiger partial charge on any atom is 0.241 e. The summed E-state index contributed by atoms with van der Waals surface area (Å²) in [5.74, 6) is 0.606. The molecule has 0 amide bonds. The average Bonchev–Trinajstić information content (AvgIpc) is 2.47. The fourth-order valence-corrected chi connectivity index (χ4v) is 4.39. The molecule has 0 spiro atoms. The summed E-state index contributed by atoms with van der Waals surface area (Å²) in [4.78, 5) is 0.231. The normalized spacial score (nSPS) is 26.2. The summed E-state index contributed by atoms with van der Waals surface area (Å²) in [6.07, 6.45) is 4.08. The third-order valence-electron chi connectivity index (χ3n) is 4.38. The largest absolute Gasteiger partial charge is 0.241 e. The molecule has 114 valence electrons. The molecular formula is C16H22N2O2S. The predicted octanol–water partition coefficient (Wildman–Crippen LogP) is 3.14. The molecule has 0 bridgehead atoms. The molecule has 4 nitrogen and oxygen atoms in total. The van der Waals surface area contributed by atoms with Crippen molar-refractivity contribution in [1.82, 2.24) is 4.72 Å². The van der Waals surface area contributed by atoms with Crippen LogP contribution in [0.15, 0.2) is 29.2 Å². The van der Waals surface area contributed by atoms with Gasteiger partial charge in [-0.15, -0.1) is 0 Å². The monoisotopic (exact) mass is 306 g/mol. The lowest BCUT2D eigenvalue weighted by molar-refractivity contribution is 0.259. The summed E-state index contributed by atoms with van der Waals surface area (Å²) in [5, 5.41) is 9.49. The van der Waals surface area contributed by atoms with E-state index in [1.54, 1.807) is 18.2 Å². The molecule has 1 fully saturated rings. The molecule has 5 heteroatoms. The first-order valence-electron chi connectivity index (χ1n) is 7.43. The van der Waals surface area contributed by atoms with Gasteiger partial charge in [-0.1, -0.05) is 25.5 Å². The first kappa shape index (κ1) is 16.0. The zero-order valence-corrected chi connectivity index (χ0v) is 13.4. The SMILES string of the molecule is CCC1CCC(C#N)(NS(=O)(=O)c2cccc(C)c2)CC1. The van der Waals surface area contributed by atoms with E-state index >= 15 is 0 Å². The molecule has 0 aliphatic heterocycles. The maximum absolute atomic E-state index is 12.5. The van der Waals surface area contributed by atoms with Gasteiger partial charge in [0.25, 0.3) is 0 Å². The molecule has 1 aliphatic rings. The Kier molecular flexibility index (Phi) is 4.70. The van der Waals surface area contributed by atoms with Gasteiger partial charge in [-0.3, -0.25) is 0 Å². The van der Waals surface area contributed by atoms with E-state index in [1.807, 2.05) is 13.0 Å². The third kappa shape index (κ3) is 3.63. The first-order valence-corrected chi connectivity index (χ1v) is 8.91. The lowest BCUT2D eigenvalue weighted by atomic mass is 9.77. The second kappa shape index (κ2) is 6.17. The highest BCUT2D eigenvalue weighted by molar-refractivity contribution is 7.89. The van der Waals surface area contributed by atoms with Crippen molar-refractivity contribution in [2.45, 2.75) is 56.4 Å². The minimum atomic E-state index is -3.65. The Morgan fingerprint density at radius 3 is 2.57 bits per heavy atom. The fraction of sp³-hybridized carbons (Fsp3) is 0.562. The molecule has 0 unspecified atom stereocenters. The second-order valence-electron chi connectivity index (χ2n) is 5.97. The Labute approximate surface area is 127 Å². The summed E-state index contributed by atoms with van der Waals surface area (Å²) >= 11 is 0. The van der Waals surface area contributed by atoms with Crippen LogP contribution in [0.3, 0.4) is 0 Å².